The van der Waals surface area contributed by atoms with Gasteiger partial charge in [0.25, 0.3) is 11.8 Å². The number of anilines is 1. The zero-order valence-electron chi connectivity index (χ0n) is 17.9. The van der Waals surface area contributed by atoms with Gasteiger partial charge < -0.3 is 15.2 Å². The Morgan fingerprint density at radius 3 is 2.41 bits per heavy atom. The number of carbonyl (C=O) groups excluding carboxylic acids is 2. The van der Waals surface area contributed by atoms with Crippen molar-refractivity contribution in [3.63, 3.8) is 0 Å². The van der Waals surface area contributed by atoms with E-state index in [0.29, 0.717) is 22.0 Å². The Balaban J connectivity index is 1.29. The predicted octanol–water partition coefficient (Wildman–Crippen LogP) is 4.98. The van der Waals surface area contributed by atoms with E-state index in [-0.39, 0.29) is 23.8 Å². The first-order valence-corrected chi connectivity index (χ1v) is 10.7. The summed E-state index contributed by atoms with van der Waals surface area (Å²) in [6.07, 6.45) is 1.46. The van der Waals surface area contributed by atoms with Gasteiger partial charge in [-0.3, -0.25) is 9.59 Å². The van der Waals surface area contributed by atoms with Crippen LogP contribution < -0.4 is 15.5 Å². The number of carbonyl (C=O) groups is 2. The molecular formula is C26H20ClN3O4. The number of ether oxygens (including phenoxy) is 1. The zero-order valence-corrected chi connectivity index (χ0v) is 18.6. The van der Waals surface area contributed by atoms with E-state index in [9.17, 15) is 14.7 Å². The monoisotopic (exact) mass is 473 g/mol. The molecule has 8 heteroatoms. The topological polar surface area (TPSA) is 100 Å². The van der Waals surface area contributed by atoms with Crippen LogP contribution in [0.25, 0.3) is 10.8 Å². The Morgan fingerprint density at radius 1 is 0.941 bits per heavy atom. The summed E-state index contributed by atoms with van der Waals surface area (Å²) in [6.45, 7) is -0.161. The lowest BCUT2D eigenvalue weighted by Gasteiger charge is -2.08. The molecule has 3 N–H and O–H groups in total. The molecule has 170 valence electrons. The molecule has 0 bridgehead atoms. The lowest BCUT2D eigenvalue weighted by atomic mass is 10.1. The number of rotatable bonds is 7. The van der Waals surface area contributed by atoms with Crippen LogP contribution in [0.3, 0.4) is 0 Å². The van der Waals surface area contributed by atoms with Crippen molar-refractivity contribution in [1.82, 2.24) is 5.43 Å². The summed E-state index contributed by atoms with van der Waals surface area (Å²) in [4.78, 5) is 24.4. The van der Waals surface area contributed by atoms with Crippen LogP contribution in [-0.2, 0) is 4.79 Å². The highest BCUT2D eigenvalue weighted by Crippen LogP contribution is 2.24. The van der Waals surface area contributed by atoms with Crippen molar-refractivity contribution in [3.8, 4) is 11.5 Å². The lowest BCUT2D eigenvalue weighted by Crippen LogP contribution is -2.20. The molecule has 0 spiro atoms. The molecule has 0 unspecified atom stereocenters. The van der Waals surface area contributed by atoms with Crippen LogP contribution in [0.1, 0.15) is 15.9 Å². The molecule has 0 aliphatic heterocycles. The first kappa shape index (κ1) is 22.8. The summed E-state index contributed by atoms with van der Waals surface area (Å²) in [5.41, 5.74) is 3.84. The van der Waals surface area contributed by atoms with Gasteiger partial charge in [-0.25, -0.2) is 5.43 Å². The maximum absolute atomic E-state index is 12.4. The summed E-state index contributed by atoms with van der Waals surface area (Å²) in [6, 6.07) is 24.3. The molecule has 0 saturated heterocycles. The molecule has 0 aromatic heterocycles. The second-order valence-corrected chi connectivity index (χ2v) is 7.77. The van der Waals surface area contributed by atoms with E-state index in [1.54, 1.807) is 60.7 Å². The zero-order chi connectivity index (χ0) is 23.9. The maximum Gasteiger partial charge on any atom is 0.275 e. The highest BCUT2D eigenvalue weighted by atomic mass is 35.5. The van der Waals surface area contributed by atoms with Crippen LogP contribution in [0.4, 0.5) is 5.69 Å². The normalized spacial score (nSPS) is 10.9. The van der Waals surface area contributed by atoms with E-state index >= 15 is 0 Å². The summed E-state index contributed by atoms with van der Waals surface area (Å²) >= 11 is 5.90. The van der Waals surface area contributed by atoms with E-state index < -0.39 is 5.91 Å². The highest BCUT2D eigenvalue weighted by Gasteiger charge is 2.11. The second kappa shape index (κ2) is 10.5. The minimum Gasteiger partial charge on any atom is -0.507 e. The third-order valence-corrected chi connectivity index (χ3v) is 5.08. The average molecular weight is 474 g/mol. The molecule has 0 heterocycles. The Hall–Kier alpha value is -4.36. The van der Waals surface area contributed by atoms with Crippen LogP contribution >= 0.6 is 11.6 Å². The Morgan fingerprint density at radius 2 is 1.68 bits per heavy atom. The number of benzene rings is 4. The van der Waals surface area contributed by atoms with E-state index in [0.717, 1.165) is 10.8 Å². The number of nitrogens with one attached hydrogen (secondary N) is 2. The molecular weight excluding hydrogens is 454 g/mol. The number of fused-ring (bicyclic) bond motifs is 1. The van der Waals surface area contributed by atoms with Gasteiger partial charge in [-0.2, -0.15) is 5.10 Å². The van der Waals surface area contributed by atoms with E-state index in [2.05, 4.69) is 15.8 Å². The standard InChI is InChI=1S/C26H20ClN3O4/c27-20-6-3-7-21(14-20)29-25(32)16-34-22-10-8-17(9-11-22)15-28-30-26(33)23-12-18-4-1-2-5-19(18)13-24(23)31/h1-15,31H,16H2,(H,29,32)(H,30,33)/b28-15-. The van der Waals surface area contributed by atoms with Crippen molar-refractivity contribution >= 4 is 46.1 Å². The van der Waals surface area contributed by atoms with Crippen LogP contribution in [0.2, 0.25) is 5.02 Å². The molecule has 7 nitrogen and oxygen atoms in total. The molecule has 0 radical (unpaired) electrons. The van der Waals surface area contributed by atoms with E-state index in [4.69, 9.17) is 16.3 Å². The molecule has 0 aliphatic carbocycles. The Kier molecular flexibility index (Phi) is 7.05. The fourth-order valence-electron chi connectivity index (χ4n) is 3.20. The van der Waals surface area contributed by atoms with Crippen molar-refractivity contribution in [1.29, 1.82) is 0 Å². The Labute approximate surface area is 200 Å². The summed E-state index contributed by atoms with van der Waals surface area (Å²) in [5.74, 6) is -0.450. The van der Waals surface area contributed by atoms with Gasteiger partial charge in [0.2, 0.25) is 0 Å². The lowest BCUT2D eigenvalue weighted by molar-refractivity contribution is -0.118. The molecule has 0 aliphatic rings. The number of hydrogen-bond acceptors (Lipinski definition) is 5. The third kappa shape index (κ3) is 5.90. The molecule has 2 amide bonds. The van der Waals surface area contributed by atoms with Gasteiger partial charge in [0.1, 0.15) is 11.5 Å². The smallest absolute Gasteiger partial charge is 0.275 e. The largest absolute Gasteiger partial charge is 0.507 e. The molecule has 0 atom stereocenters. The highest BCUT2D eigenvalue weighted by molar-refractivity contribution is 6.30. The number of hydrazone groups is 1. The number of phenols is 1. The number of halogens is 1. The number of nitrogens with zero attached hydrogens (tertiary/aromatic N) is 1. The van der Waals surface area contributed by atoms with Crippen molar-refractivity contribution in [2.45, 2.75) is 0 Å². The fourth-order valence-corrected chi connectivity index (χ4v) is 3.39. The van der Waals surface area contributed by atoms with Crippen LogP contribution in [0.15, 0.2) is 90.0 Å². The summed E-state index contributed by atoms with van der Waals surface area (Å²) < 4.78 is 5.49. The van der Waals surface area contributed by atoms with Gasteiger partial charge in [0.05, 0.1) is 11.8 Å². The summed E-state index contributed by atoms with van der Waals surface area (Å²) in [5, 5.41) is 19.0. The molecule has 4 aromatic rings. The van der Waals surface area contributed by atoms with Crippen LogP contribution in [0.5, 0.6) is 11.5 Å². The van der Waals surface area contributed by atoms with Gasteiger partial charge in [-0.05, 0) is 70.9 Å². The van der Waals surface area contributed by atoms with E-state index in [1.807, 2.05) is 24.3 Å². The van der Waals surface area contributed by atoms with Gasteiger partial charge in [0, 0.05) is 10.7 Å². The minimum absolute atomic E-state index is 0.118. The van der Waals surface area contributed by atoms with Crippen LogP contribution in [-0.4, -0.2) is 29.7 Å². The molecule has 0 saturated carbocycles. The van der Waals surface area contributed by atoms with Crippen molar-refractivity contribution < 1.29 is 19.4 Å². The fraction of sp³-hybridized carbons (Fsp3) is 0.0385. The first-order valence-electron chi connectivity index (χ1n) is 10.3. The van der Waals surface area contributed by atoms with Gasteiger partial charge in [-0.15, -0.1) is 0 Å². The third-order valence-electron chi connectivity index (χ3n) is 4.85. The molecule has 4 rings (SSSR count). The predicted molar refractivity (Wildman–Crippen MR) is 133 cm³/mol. The van der Waals surface area contributed by atoms with Gasteiger partial charge >= 0.3 is 0 Å². The maximum atomic E-state index is 12.4. The summed E-state index contributed by atoms with van der Waals surface area (Å²) in [7, 11) is 0. The second-order valence-electron chi connectivity index (χ2n) is 7.33. The van der Waals surface area contributed by atoms with Gasteiger partial charge in [-0.1, -0.05) is 41.9 Å². The molecule has 4 aromatic carbocycles. The van der Waals surface area contributed by atoms with Crippen molar-refractivity contribution in [2.24, 2.45) is 5.10 Å². The minimum atomic E-state index is -0.523. The first-order chi connectivity index (χ1) is 16.5. The van der Waals surface area contributed by atoms with Crippen molar-refractivity contribution in [2.75, 3.05) is 11.9 Å². The number of amides is 2. The van der Waals surface area contributed by atoms with E-state index in [1.165, 1.54) is 6.21 Å². The quantitative estimate of drug-likeness (QED) is 0.260. The van der Waals surface area contributed by atoms with Crippen LogP contribution in [0, 0.1) is 0 Å². The number of aromatic hydroxyl groups is 1. The number of phenolic OH excluding ortho intramolecular Hbond substituents is 1. The average Bonchev–Trinajstić information content (AvgIpc) is 2.83. The SMILES string of the molecule is O=C(COc1ccc(/C=N\NC(=O)c2cc3ccccc3cc2O)cc1)Nc1cccc(Cl)c1. The van der Waals surface area contributed by atoms with Gasteiger partial charge in [0.15, 0.2) is 6.61 Å². The van der Waals surface area contributed by atoms with Crippen molar-refractivity contribution in [3.05, 3.63) is 101 Å². The number of hydrogen-bond donors (Lipinski definition) is 3. The molecule has 34 heavy (non-hydrogen) atoms. The molecule has 0 fully saturated rings. The Bertz CT molecular complexity index is 1370.